The van der Waals surface area contributed by atoms with E-state index in [2.05, 4.69) is 25.8 Å². The molecule has 100 valence electrons. The summed E-state index contributed by atoms with van der Waals surface area (Å²) in [5.74, 6) is -0.682. The average Bonchev–Trinajstić information content (AvgIpc) is 2.85. The number of amides is 2. The van der Waals surface area contributed by atoms with Crippen molar-refractivity contribution in [1.29, 1.82) is 0 Å². The molecule has 0 radical (unpaired) electrons. The molecule has 1 rings (SSSR count). The molecular weight excluding hydrogens is 238 g/mol. The van der Waals surface area contributed by atoms with Crippen LogP contribution < -0.4 is 10.6 Å². The second kappa shape index (κ2) is 6.58. The van der Waals surface area contributed by atoms with E-state index in [-0.39, 0.29) is 12.5 Å². The number of carbonyl (C=O) groups is 2. The Balaban J connectivity index is 2.44. The van der Waals surface area contributed by atoms with Crippen molar-refractivity contribution >= 4 is 12.0 Å². The highest BCUT2D eigenvalue weighted by Crippen LogP contribution is 2.07. The Morgan fingerprint density at radius 1 is 1.56 bits per heavy atom. The zero-order valence-corrected chi connectivity index (χ0v) is 10.3. The molecule has 18 heavy (non-hydrogen) atoms. The number of nitrogens with zero attached hydrogens (tertiary/aromatic N) is 2. The van der Waals surface area contributed by atoms with Crippen LogP contribution in [0.3, 0.4) is 0 Å². The number of carbonyl (C=O) groups excluding carboxylic acids is 1. The molecule has 0 aliphatic rings. The van der Waals surface area contributed by atoms with Crippen molar-refractivity contribution in [1.82, 2.24) is 25.8 Å². The molecule has 0 aliphatic heterocycles. The van der Waals surface area contributed by atoms with Crippen molar-refractivity contribution in [2.24, 2.45) is 5.92 Å². The van der Waals surface area contributed by atoms with E-state index in [1.807, 2.05) is 6.92 Å². The molecule has 0 bridgehead atoms. The van der Waals surface area contributed by atoms with E-state index in [0.29, 0.717) is 12.2 Å². The smallest absolute Gasteiger partial charge is 0.326 e. The normalized spacial score (nSPS) is 13.7. The lowest BCUT2D eigenvalue weighted by Crippen LogP contribution is -2.48. The molecule has 0 saturated heterocycles. The summed E-state index contributed by atoms with van der Waals surface area (Å²) in [5.41, 5.74) is 0. The van der Waals surface area contributed by atoms with E-state index in [9.17, 15) is 9.59 Å². The summed E-state index contributed by atoms with van der Waals surface area (Å²) in [6.45, 7) is 3.81. The maximum Gasteiger partial charge on any atom is 0.326 e. The van der Waals surface area contributed by atoms with Gasteiger partial charge in [0.25, 0.3) is 0 Å². The molecule has 2 amide bonds. The van der Waals surface area contributed by atoms with Gasteiger partial charge in [-0.25, -0.2) is 14.6 Å². The molecule has 2 unspecified atom stereocenters. The lowest BCUT2D eigenvalue weighted by atomic mass is 9.99. The molecule has 8 heteroatoms. The summed E-state index contributed by atoms with van der Waals surface area (Å²) in [5, 5.41) is 20.1. The van der Waals surface area contributed by atoms with Gasteiger partial charge in [0.1, 0.15) is 18.2 Å². The first-order valence-corrected chi connectivity index (χ1v) is 5.66. The highest BCUT2D eigenvalue weighted by atomic mass is 16.4. The Kier molecular flexibility index (Phi) is 5.09. The third-order valence-corrected chi connectivity index (χ3v) is 2.65. The van der Waals surface area contributed by atoms with E-state index in [0.717, 1.165) is 0 Å². The predicted octanol–water partition coefficient (Wildman–Crippen LogP) is 0.103. The number of rotatable bonds is 6. The van der Waals surface area contributed by atoms with Crippen LogP contribution in [0.4, 0.5) is 4.79 Å². The second-order valence-corrected chi connectivity index (χ2v) is 3.96. The van der Waals surface area contributed by atoms with Crippen LogP contribution in [0, 0.1) is 5.92 Å². The van der Waals surface area contributed by atoms with E-state index < -0.39 is 18.0 Å². The van der Waals surface area contributed by atoms with Crippen LogP contribution in [0.25, 0.3) is 0 Å². The summed E-state index contributed by atoms with van der Waals surface area (Å²) in [6.07, 6.45) is 1.99. The standard InChI is InChI=1S/C10H17N5O3/c1-3-6(2)8(9(16)17)14-10(18)11-4-7-12-5-13-15-7/h5-6,8H,3-4H2,1-2H3,(H,16,17)(H2,11,14,18)(H,12,13,15). The van der Waals surface area contributed by atoms with Gasteiger partial charge in [0.05, 0.1) is 6.54 Å². The van der Waals surface area contributed by atoms with Crippen molar-refractivity contribution in [2.75, 3.05) is 0 Å². The molecule has 1 aromatic heterocycles. The van der Waals surface area contributed by atoms with Gasteiger partial charge in [-0.2, -0.15) is 5.10 Å². The fourth-order valence-corrected chi connectivity index (χ4v) is 1.36. The SMILES string of the molecule is CCC(C)C(NC(=O)NCc1ncn[nH]1)C(=O)O. The van der Waals surface area contributed by atoms with Gasteiger partial charge in [-0.05, 0) is 5.92 Å². The number of hydrogen-bond acceptors (Lipinski definition) is 4. The van der Waals surface area contributed by atoms with Crippen LogP contribution in [0.1, 0.15) is 26.1 Å². The second-order valence-electron chi connectivity index (χ2n) is 3.96. The van der Waals surface area contributed by atoms with E-state index in [1.54, 1.807) is 6.92 Å². The zero-order chi connectivity index (χ0) is 13.5. The van der Waals surface area contributed by atoms with Crippen LogP contribution in [0.15, 0.2) is 6.33 Å². The maximum absolute atomic E-state index is 11.5. The quantitative estimate of drug-likeness (QED) is 0.574. The maximum atomic E-state index is 11.5. The number of H-pyrrole nitrogens is 1. The van der Waals surface area contributed by atoms with Crippen molar-refractivity contribution in [3.05, 3.63) is 12.2 Å². The number of aromatic nitrogens is 3. The minimum Gasteiger partial charge on any atom is -0.480 e. The van der Waals surface area contributed by atoms with Gasteiger partial charge in [0.2, 0.25) is 0 Å². The lowest BCUT2D eigenvalue weighted by Gasteiger charge is -2.20. The lowest BCUT2D eigenvalue weighted by molar-refractivity contribution is -0.140. The van der Waals surface area contributed by atoms with E-state index in [4.69, 9.17) is 5.11 Å². The van der Waals surface area contributed by atoms with Gasteiger partial charge < -0.3 is 15.7 Å². The molecule has 1 aromatic rings. The largest absolute Gasteiger partial charge is 0.480 e. The van der Waals surface area contributed by atoms with Crippen molar-refractivity contribution in [3.63, 3.8) is 0 Å². The van der Waals surface area contributed by atoms with E-state index >= 15 is 0 Å². The van der Waals surface area contributed by atoms with Gasteiger partial charge in [-0.15, -0.1) is 0 Å². The molecular formula is C10H17N5O3. The highest BCUT2D eigenvalue weighted by molar-refractivity contribution is 5.82. The number of aliphatic carboxylic acids is 1. The van der Waals surface area contributed by atoms with Crippen LogP contribution in [0.2, 0.25) is 0 Å². The van der Waals surface area contributed by atoms with Crippen molar-refractivity contribution in [3.8, 4) is 0 Å². The number of nitrogens with one attached hydrogen (secondary N) is 3. The van der Waals surface area contributed by atoms with Crippen molar-refractivity contribution in [2.45, 2.75) is 32.9 Å². The molecule has 0 spiro atoms. The van der Waals surface area contributed by atoms with Crippen LogP contribution >= 0.6 is 0 Å². The van der Waals surface area contributed by atoms with Gasteiger partial charge >= 0.3 is 12.0 Å². The summed E-state index contributed by atoms with van der Waals surface area (Å²) in [4.78, 5) is 26.4. The third kappa shape index (κ3) is 4.04. The Bertz CT molecular complexity index is 392. The molecule has 0 saturated carbocycles. The summed E-state index contributed by atoms with van der Waals surface area (Å²) < 4.78 is 0. The van der Waals surface area contributed by atoms with Gasteiger partial charge in [0, 0.05) is 0 Å². The van der Waals surface area contributed by atoms with Crippen LogP contribution in [0.5, 0.6) is 0 Å². The monoisotopic (exact) mass is 255 g/mol. The minimum absolute atomic E-state index is 0.140. The Hall–Kier alpha value is -2.12. The fraction of sp³-hybridized carbons (Fsp3) is 0.600. The number of hydrogen-bond donors (Lipinski definition) is 4. The van der Waals surface area contributed by atoms with Crippen LogP contribution in [-0.2, 0) is 11.3 Å². The Morgan fingerprint density at radius 2 is 2.28 bits per heavy atom. The minimum atomic E-state index is -1.04. The molecule has 1 heterocycles. The molecule has 4 N–H and O–H groups in total. The molecule has 0 aromatic carbocycles. The van der Waals surface area contributed by atoms with E-state index in [1.165, 1.54) is 6.33 Å². The van der Waals surface area contributed by atoms with Gasteiger partial charge in [0.15, 0.2) is 0 Å². The molecule has 2 atom stereocenters. The average molecular weight is 255 g/mol. The predicted molar refractivity (Wildman–Crippen MR) is 62.6 cm³/mol. The first-order chi connectivity index (χ1) is 8.54. The number of urea groups is 1. The third-order valence-electron chi connectivity index (χ3n) is 2.65. The van der Waals surface area contributed by atoms with Crippen LogP contribution in [-0.4, -0.2) is 38.3 Å². The highest BCUT2D eigenvalue weighted by Gasteiger charge is 2.25. The Morgan fingerprint density at radius 3 is 2.78 bits per heavy atom. The number of carboxylic acid groups (broad SMARTS) is 1. The zero-order valence-electron chi connectivity index (χ0n) is 10.3. The van der Waals surface area contributed by atoms with Gasteiger partial charge in [-0.1, -0.05) is 20.3 Å². The Labute approximate surface area is 104 Å². The first kappa shape index (κ1) is 13.9. The summed E-state index contributed by atoms with van der Waals surface area (Å²) in [7, 11) is 0. The fourth-order valence-electron chi connectivity index (χ4n) is 1.36. The first-order valence-electron chi connectivity index (χ1n) is 5.66. The molecule has 0 aliphatic carbocycles. The molecule has 0 fully saturated rings. The topological polar surface area (TPSA) is 120 Å². The number of carboxylic acids is 1. The van der Waals surface area contributed by atoms with Crippen molar-refractivity contribution < 1.29 is 14.7 Å². The molecule has 8 nitrogen and oxygen atoms in total. The summed E-state index contributed by atoms with van der Waals surface area (Å²) in [6, 6.07) is -1.44. The van der Waals surface area contributed by atoms with Gasteiger partial charge in [-0.3, -0.25) is 5.10 Å². The number of aromatic amines is 1. The summed E-state index contributed by atoms with van der Waals surface area (Å²) >= 11 is 0.